The van der Waals surface area contributed by atoms with E-state index in [-0.39, 0.29) is 0 Å². The lowest BCUT2D eigenvalue weighted by molar-refractivity contribution is 1.00. The largest absolute Gasteiger partial charge is 0.292 e. The molecular weight excluding hydrogens is 651 g/mol. The molecule has 3 heterocycles. The number of fused-ring (bicyclic) bond motifs is 13. The van der Waals surface area contributed by atoms with Crippen molar-refractivity contribution in [2.75, 3.05) is 0 Å². The van der Waals surface area contributed by atoms with Crippen molar-refractivity contribution < 1.29 is 0 Å². The van der Waals surface area contributed by atoms with E-state index in [9.17, 15) is 0 Å². The van der Waals surface area contributed by atoms with Crippen molar-refractivity contribution >= 4 is 92.5 Å². The third-order valence-corrected chi connectivity index (χ3v) is 11.3. The smallest absolute Gasteiger partial charge is 0.162 e. The molecular formula is C48H37N3S. The predicted octanol–water partition coefficient (Wildman–Crippen LogP) is 14.0. The Labute approximate surface area is 307 Å². The lowest BCUT2D eigenvalue weighted by Crippen LogP contribution is -2.05. The van der Waals surface area contributed by atoms with Crippen LogP contribution in [0.15, 0.2) is 140 Å². The van der Waals surface area contributed by atoms with Crippen molar-refractivity contribution in [2.24, 2.45) is 0 Å². The van der Waals surface area contributed by atoms with Gasteiger partial charge in [0.25, 0.3) is 0 Å². The lowest BCUT2D eigenvalue weighted by atomic mass is 9.93. The summed E-state index contributed by atoms with van der Waals surface area (Å²) in [6.45, 7) is 10.7. The van der Waals surface area contributed by atoms with Gasteiger partial charge in [-0.15, -0.1) is 11.3 Å². The van der Waals surface area contributed by atoms with Gasteiger partial charge in [-0.3, -0.25) is 4.57 Å². The van der Waals surface area contributed by atoms with Gasteiger partial charge in [0.15, 0.2) is 5.82 Å². The van der Waals surface area contributed by atoms with E-state index in [4.69, 9.17) is 9.97 Å². The Bertz CT molecular complexity index is 2970. The van der Waals surface area contributed by atoms with Crippen molar-refractivity contribution in [1.82, 2.24) is 14.5 Å². The van der Waals surface area contributed by atoms with Gasteiger partial charge < -0.3 is 0 Å². The highest BCUT2D eigenvalue weighted by Gasteiger charge is 2.26. The van der Waals surface area contributed by atoms with Gasteiger partial charge in [-0.1, -0.05) is 147 Å². The van der Waals surface area contributed by atoms with Gasteiger partial charge in [-0.2, -0.15) is 0 Å². The summed E-state index contributed by atoms with van der Waals surface area (Å²) in [7, 11) is 0. The van der Waals surface area contributed by atoms with Gasteiger partial charge in [0.2, 0.25) is 0 Å². The first-order chi connectivity index (χ1) is 25.7. The topological polar surface area (TPSA) is 30.7 Å². The molecule has 0 atom stereocenters. The third-order valence-electron chi connectivity index (χ3n) is 10.1. The van der Waals surface area contributed by atoms with E-state index in [2.05, 4.69) is 153 Å². The molecule has 0 bridgehead atoms. The van der Waals surface area contributed by atoms with Gasteiger partial charge in [0.1, 0.15) is 5.82 Å². The molecule has 0 amide bonds. The van der Waals surface area contributed by atoms with E-state index in [0.29, 0.717) is 5.82 Å². The molecule has 0 saturated carbocycles. The van der Waals surface area contributed by atoms with Crippen LogP contribution < -0.4 is 0 Å². The Morgan fingerprint density at radius 2 is 1.29 bits per heavy atom. The van der Waals surface area contributed by atoms with Gasteiger partial charge in [-0.25, -0.2) is 9.97 Å². The number of hydrogen-bond acceptors (Lipinski definition) is 3. The Kier molecular flexibility index (Phi) is 7.90. The van der Waals surface area contributed by atoms with Crippen LogP contribution in [0.2, 0.25) is 0 Å². The number of thiophene rings is 1. The molecule has 0 N–H and O–H groups in total. The van der Waals surface area contributed by atoms with E-state index in [1.54, 1.807) is 0 Å². The van der Waals surface area contributed by atoms with Crippen LogP contribution in [0.1, 0.15) is 44.1 Å². The number of allylic oxidation sites excluding steroid dienone is 5. The average molecular weight is 688 g/mol. The number of nitrogens with zero attached hydrogens (tertiary/aromatic N) is 3. The fraction of sp³-hybridized carbons (Fsp3) is 0.0833. The van der Waals surface area contributed by atoms with E-state index in [0.717, 1.165) is 45.8 Å². The van der Waals surface area contributed by atoms with Crippen LogP contribution in [-0.4, -0.2) is 14.5 Å². The molecule has 3 nitrogen and oxygen atoms in total. The number of aromatic nitrogens is 3. The summed E-state index contributed by atoms with van der Waals surface area (Å²) < 4.78 is 4.91. The molecule has 52 heavy (non-hydrogen) atoms. The van der Waals surface area contributed by atoms with Gasteiger partial charge in [-0.05, 0) is 58.8 Å². The molecule has 0 aliphatic rings. The highest BCUT2D eigenvalue weighted by molar-refractivity contribution is 7.28. The van der Waals surface area contributed by atoms with Crippen LogP contribution in [0.25, 0.3) is 98.3 Å². The minimum Gasteiger partial charge on any atom is -0.292 e. The second-order valence-corrected chi connectivity index (χ2v) is 14.1. The van der Waals surface area contributed by atoms with Crippen LogP contribution in [0, 0.1) is 0 Å². The van der Waals surface area contributed by atoms with Gasteiger partial charge in [0.05, 0.1) is 21.6 Å². The molecule has 3 aromatic heterocycles. The van der Waals surface area contributed by atoms with Crippen molar-refractivity contribution in [3.05, 3.63) is 157 Å². The van der Waals surface area contributed by atoms with Gasteiger partial charge >= 0.3 is 0 Å². The zero-order valence-corrected chi connectivity index (χ0v) is 30.3. The zero-order chi connectivity index (χ0) is 35.3. The summed E-state index contributed by atoms with van der Waals surface area (Å²) in [6.07, 6.45) is 13.7. The maximum atomic E-state index is 5.39. The molecule has 9 aromatic rings. The van der Waals surface area contributed by atoms with E-state index in [1.807, 2.05) is 35.6 Å². The van der Waals surface area contributed by atoms with Crippen molar-refractivity contribution in [1.29, 1.82) is 0 Å². The second kappa shape index (κ2) is 12.9. The molecule has 4 heteroatoms. The summed E-state index contributed by atoms with van der Waals surface area (Å²) in [5, 5.41) is 11.3. The van der Waals surface area contributed by atoms with Crippen molar-refractivity contribution in [3.8, 4) is 17.2 Å². The summed E-state index contributed by atoms with van der Waals surface area (Å²) >= 11 is 1.89. The van der Waals surface area contributed by atoms with Crippen LogP contribution in [0.4, 0.5) is 0 Å². The minimum atomic E-state index is 0.693. The van der Waals surface area contributed by atoms with E-state index >= 15 is 0 Å². The lowest BCUT2D eigenvalue weighted by Gasteiger charge is -2.14. The fourth-order valence-electron chi connectivity index (χ4n) is 8.01. The first-order valence-corrected chi connectivity index (χ1v) is 18.8. The summed E-state index contributed by atoms with van der Waals surface area (Å²) in [5.41, 5.74) is 6.23. The number of rotatable bonds is 7. The quantitative estimate of drug-likeness (QED) is 0.123. The Hall–Kier alpha value is -6.10. The highest BCUT2D eigenvalue weighted by atomic mass is 32.1. The number of hydrogen-bond donors (Lipinski definition) is 0. The molecule has 0 radical (unpaired) electrons. The molecule has 0 aliphatic heterocycles. The first-order valence-electron chi connectivity index (χ1n) is 17.9. The van der Waals surface area contributed by atoms with Crippen LogP contribution >= 0.6 is 11.3 Å². The average Bonchev–Trinajstić information content (AvgIpc) is 3.76. The third kappa shape index (κ3) is 4.79. The maximum Gasteiger partial charge on any atom is 0.162 e. The molecule has 9 rings (SSSR count). The SMILES string of the molecule is C=Cc1c(/C=C\C)n(-c2cc(C(/C=C\C)=C/CC)nc(-c3ccccc3)n2)c2c3sc4c5ccccc5c5ccccc5c4c3c3ccccc3c12. The summed E-state index contributed by atoms with van der Waals surface area (Å²) in [4.78, 5) is 10.6. The van der Waals surface area contributed by atoms with E-state index in [1.165, 1.54) is 57.9 Å². The molecule has 0 saturated heterocycles. The molecule has 6 aromatic carbocycles. The summed E-state index contributed by atoms with van der Waals surface area (Å²) in [6, 6.07) is 39.1. The minimum absolute atomic E-state index is 0.693. The molecule has 0 spiro atoms. The zero-order valence-electron chi connectivity index (χ0n) is 29.5. The Balaban J connectivity index is 1.55. The Morgan fingerprint density at radius 3 is 1.94 bits per heavy atom. The monoisotopic (exact) mass is 687 g/mol. The summed E-state index contributed by atoms with van der Waals surface area (Å²) in [5.74, 6) is 1.52. The van der Waals surface area contributed by atoms with Crippen LogP contribution in [0.5, 0.6) is 0 Å². The molecule has 0 aliphatic carbocycles. The molecule has 250 valence electrons. The normalized spacial score (nSPS) is 12.6. The predicted molar refractivity (Wildman–Crippen MR) is 228 cm³/mol. The standard InChI is InChI=1S/C48H37N3S/c1-5-18-30(19-6-2)39-29-41(50-48(49-39)31-21-10-9-11-22-31)51-40(20-7-3)32(8-4)42-36-26-15-16-27-37(36)44-43-35-25-14-12-23-33(35)34-24-13-17-28-38(34)46(43)52-47(44)45(42)51/h5,7-29H,4,6H2,1-3H3/b18-5-,20-7-,30-19+. The van der Waals surface area contributed by atoms with E-state index < -0.39 is 0 Å². The second-order valence-electron chi connectivity index (χ2n) is 13.1. The Morgan fingerprint density at radius 1 is 0.692 bits per heavy atom. The van der Waals surface area contributed by atoms with Crippen LogP contribution in [0.3, 0.4) is 0 Å². The number of benzene rings is 6. The van der Waals surface area contributed by atoms with Crippen molar-refractivity contribution in [2.45, 2.75) is 27.2 Å². The van der Waals surface area contributed by atoms with Crippen molar-refractivity contribution in [3.63, 3.8) is 0 Å². The fourth-order valence-corrected chi connectivity index (χ4v) is 9.42. The molecule has 0 unspecified atom stereocenters. The first kappa shape index (κ1) is 31.9. The van der Waals surface area contributed by atoms with Crippen LogP contribution in [-0.2, 0) is 0 Å². The maximum absolute atomic E-state index is 5.39. The van der Waals surface area contributed by atoms with Gasteiger partial charge in [0, 0.05) is 43.4 Å². The highest BCUT2D eigenvalue weighted by Crippen LogP contribution is 2.51. The molecule has 0 fully saturated rings.